The minimum absolute atomic E-state index is 0.260. The Morgan fingerprint density at radius 1 is 0.574 bits per heavy atom. The monoisotopic (exact) mass is 882 g/mol. The smallest absolute Gasteiger partial charge is 0.399 e. The highest BCUT2D eigenvalue weighted by molar-refractivity contribution is 9.08. The predicted molar refractivity (Wildman–Crippen MR) is 243 cm³/mol. The van der Waals surface area contributed by atoms with Crippen LogP contribution in [0, 0.1) is 13.1 Å². The van der Waals surface area contributed by atoms with Crippen LogP contribution in [0.2, 0.25) is 0 Å². The molecule has 2 aliphatic heterocycles. The SMILES string of the molecule is CC1(C)OB(c2ccc(CBr)cc2)OC1(C)C.[C-]#[N+]c1ccc(N(Cc2ccc(B3OC(C)(C)C(C)(C)O3)cc2)n2cnnc2)cc1.[C-]#[N+]c1ccc(Nn2cnnc2)cc1. The Morgan fingerprint density at radius 2 is 0.967 bits per heavy atom. The quantitative estimate of drug-likeness (QED) is 0.0865. The minimum atomic E-state index is -0.376. The fourth-order valence-electron chi connectivity index (χ4n) is 6.02. The maximum absolute atomic E-state index is 7.15. The van der Waals surface area contributed by atoms with Gasteiger partial charge in [0.15, 0.2) is 11.4 Å². The second kappa shape index (κ2) is 18.8. The number of halogens is 1. The number of benzene rings is 4. The predicted octanol–water partition coefficient (Wildman–Crippen LogP) is 8.18. The zero-order chi connectivity index (χ0) is 43.8. The van der Waals surface area contributed by atoms with E-state index < -0.39 is 0 Å². The summed E-state index contributed by atoms with van der Waals surface area (Å²) < 4.78 is 27.7. The molecule has 2 aliphatic rings. The van der Waals surface area contributed by atoms with E-state index in [1.807, 2.05) is 46.1 Å². The zero-order valence-corrected chi connectivity index (χ0v) is 37.2. The van der Waals surface area contributed by atoms with Crippen LogP contribution < -0.4 is 21.4 Å². The average Bonchev–Trinajstić information content (AvgIpc) is 4.05. The van der Waals surface area contributed by atoms with Crippen LogP contribution in [0.5, 0.6) is 0 Å². The van der Waals surface area contributed by atoms with Gasteiger partial charge in [0.05, 0.1) is 53.5 Å². The van der Waals surface area contributed by atoms with Gasteiger partial charge in [-0.2, -0.15) is 0 Å². The van der Waals surface area contributed by atoms with Gasteiger partial charge in [-0.1, -0.05) is 88.7 Å². The van der Waals surface area contributed by atoms with E-state index >= 15 is 0 Å². The minimum Gasteiger partial charge on any atom is -0.399 e. The van der Waals surface area contributed by atoms with Gasteiger partial charge in [0.2, 0.25) is 0 Å². The molecular formula is C44H49B2BrN10O4. The first-order valence-electron chi connectivity index (χ1n) is 19.7. The van der Waals surface area contributed by atoms with Crippen molar-refractivity contribution in [1.29, 1.82) is 0 Å². The first-order valence-corrected chi connectivity index (χ1v) is 20.8. The number of rotatable bonds is 9. The highest BCUT2D eigenvalue weighted by Gasteiger charge is 2.52. The Morgan fingerprint density at radius 3 is 1.38 bits per heavy atom. The number of hydrogen-bond acceptors (Lipinski definition) is 10. The van der Waals surface area contributed by atoms with Gasteiger partial charge in [0.25, 0.3) is 0 Å². The Bertz CT molecular complexity index is 2370. The summed E-state index contributed by atoms with van der Waals surface area (Å²) >= 11 is 3.44. The molecule has 312 valence electrons. The molecule has 0 spiro atoms. The number of aromatic nitrogens is 6. The highest BCUT2D eigenvalue weighted by atomic mass is 79.9. The van der Waals surface area contributed by atoms with Crippen LogP contribution in [-0.4, -0.2) is 66.4 Å². The second-order valence-corrected chi connectivity index (χ2v) is 17.0. The molecular weight excluding hydrogens is 834 g/mol. The molecule has 0 aliphatic carbocycles. The van der Waals surface area contributed by atoms with Gasteiger partial charge in [-0.05, 0) is 102 Å². The molecule has 0 radical (unpaired) electrons. The lowest BCUT2D eigenvalue weighted by molar-refractivity contribution is 0.00578. The lowest BCUT2D eigenvalue weighted by atomic mass is 9.79. The molecule has 6 aromatic rings. The van der Waals surface area contributed by atoms with Crippen LogP contribution in [0.15, 0.2) is 122 Å². The third kappa shape index (κ3) is 10.9. The van der Waals surface area contributed by atoms with Crippen molar-refractivity contribution in [3.8, 4) is 0 Å². The Labute approximate surface area is 367 Å². The van der Waals surface area contributed by atoms with Crippen molar-refractivity contribution >= 4 is 63.8 Å². The van der Waals surface area contributed by atoms with Gasteiger partial charge >= 0.3 is 14.2 Å². The summed E-state index contributed by atoms with van der Waals surface area (Å²) in [7, 11) is -0.636. The number of alkyl halides is 1. The van der Waals surface area contributed by atoms with Gasteiger partial charge < -0.3 is 18.6 Å². The van der Waals surface area contributed by atoms with Crippen molar-refractivity contribution in [2.45, 2.75) is 89.7 Å². The maximum atomic E-state index is 7.15. The Hall–Kier alpha value is -5.81. The van der Waals surface area contributed by atoms with E-state index in [0.29, 0.717) is 17.9 Å². The summed E-state index contributed by atoms with van der Waals surface area (Å²) in [6, 6.07) is 31.2. The first kappa shape index (κ1) is 44.7. The summed E-state index contributed by atoms with van der Waals surface area (Å²) in [5.41, 5.74) is 9.25. The summed E-state index contributed by atoms with van der Waals surface area (Å²) in [5.74, 6) is 0. The van der Waals surface area contributed by atoms with Crippen LogP contribution in [0.25, 0.3) is 9.69 Å². The molecule has 1 N–H and O–H groups in total. The lowest BCUT2D eigenvalue weighted by Gasteiger charge is -2.32. The zero-order valence-electron chi connectivity index (χ0n) is 35.7. The van der Waals surface area contributed by atoms with Crippen LogP contribution in [0.4, 0.5) is 22.7 Å². The Balaban J connectivity index is 0.000000169. The molecule has 0 amide bonds. The van der Waals surface area contributed by atoms with Gasteiger partial charge in [-0.3, -0.25) is 10.4 Å². The van der Waals surface area contributed by atoms with E-state index in [1.54, 1.807) is 54.3 Å². The molecule has 14 nitrogen and oxygen atoms in total. The van der Waals surface area contributed by atoms with Crippen LogP contribution in [-0.2, 0) is 30.5 Å². The van der Waals surface area contributed by atoms with Crippen molar-refractivity contribution in [2.75, 3.05) is 10.4 Å². The van der Waals surface area contributed by atoms with E-state index in [0.717, 1.165) is 33.2 Å². The van der Waals surface area contributed by atoms with Crippen molar-refractivity contribution < 1.29 is 18.6 Å². The molecule has 0 atom stereocenters. The average molecular weight is 883 g/mol. The van der Waals surface area contributed by atoms with E-state index in [1.165, 1.54) is 5.56 Å². The summed E-state index contributed by atoms with van der Waals surface area (Å²) in [5, 5.41) is 18.1. The largest absolute Gasteiger partial charge is 0.494 e. The van der Waals surface area contributed by atoms with Gasteiger partial charge in [-0.25, -0.2) is 19.0 Å². The molecule has 0 bridgehead atoms. The van der Waals surface area contributed by atoms with E-state index in [-0.39, 0.29) is 36.6 Å². The number of nitrogens with one attached hydrogen (secondary N) is 1. The van der Waals surface area contributed by atoms with Crippen molar-refractivity contribution in [3.05, 3.63) is 156 Å². The standard InChI is InChI=1S/C22H24BN5O2.C13H18BBrO2.C9H7N5/c1-21(2)22(3,4)30-23(29-21)18-8-6-17(7-9-18)14-28(27-15-25-26-16-27)20-12-10-19(24-5)11-13-20;1-12(2)13(3,4)17-14(16-12)11-7-5-10(9-15)6-8-11;1-10-8-2-4-9(5-3-8)13-14-6-11-12-7-14/h6-13,15-16H,14H2,1-4H3;5-8H,9H2,1-4H3;2-7,13H. The molecule has 8 rings (SSSR count). The molecule has 2 saturated heterocycles. The van der Waals surface area contributed by atoms with Gasteiger partial charge in [0, 0.05) is 5.33 Å². The normalized spacial score (nSPS) is 16.6. The van der Waals surface area contributed by atoms with Crippen molar-refractivity contribution in [3.63, 3.8) is 0 Å². The molecule has 4 aromatic carbocycles. The molecule has 2 aromatic heterocycles. The van der Waals surface area contributed by atoms with Crippen molar-refractivity contribution in [1.82, 2.24) is 29.7 Å². The van der Waals surface area contributed by atoms with Crippen LogP contribution in [0.1, 0.15) is 66.5 Å². The van der Waals surface area contributed by atoms with Gasteiger partial charge in [0.1, 0.15) is 25.3 Å². The lowest BCUT2D eigenvalue weighted by Crippen LogP contribution is -2.41. The fourth-order valence-corrected chi connectivity index (χ4v) is 6.39. The molecule has 17 heteroatoms. The molecule has 0 unspecified atom stereocenters. The van der Waals surface area contributed by atoms with E-state index in [4.69, 9.17) is 31.8 Å². The summed E-state index contributed by atoms with van der Waals surface area (Å²) in [6.45, 7) is 31.0. The van der Waals surface area contributed by atoms with Crippen LogP contribution >= 0.6 is 15.9 Å². The Kier molecular flexibility index (Phi) is 13.8. The van der Waals surface area contributed by atoms with Gasteiger partial charge in [-0.15, -0.1) is 20.4 Å². The fraction of sp³-hybridized carbons (Fsp3) is 0.318. The number of hydrogen-bond donors (Lipinski definition) is 1. The summed E-state index contributed by atoms with van der Waals surface area (Å²) in [4.78, 5) is 6.76. The molecule has 2 fully saturated rings. The van der Waals surface area contributed by atoms with E-state index in [9.17, 15) is 0 Å². The molecule has 0 saturated carbocycles. The molecule has 61 heavy (non-hydrogen) atoms. The first-order chi connectivity index (χ1) is 29.0. The number of anilines is 2. The highest BCUT2D eigenvalue weighted by Crippen LogP contribution is 2.37. The number of nitrogens with zero attached hydrogens (tertiary/aromatic N) is 9. The van der Waals surface area contributed by atoms with Crippen molar-refractivity contribution in [2.24, 2.45) is 0 Å². The second-order valence-electron chi connectivity index (χ2n) is 16.5. The third-order valence-corrected chi connectivity index (χ3v) is 11.8. The summed E-state index contributed by atoms with van der Waals surface area (Å²) in [6.07, 6.45) is 6.43. The maximum Gasteiger partial charge on any atom is 0.494 e. The molecule has 4 heterocycles. The van der Waals surface area contributed by atoms with Crippen LogP contribution in [0.3, 0.4) is 0 Å². The van der Waals surface area contributed by atoms with E-state index in [2.05, 4.69) is 143 Å². The topological polar surface area (TPSA) is 122 Å². The third-order valence-electron chi connectivity index (χ3n) is 11.1.